The topological polar surface area (TPSA) is 57.7 Å². The highest BCUT2D eigenvalue weighted by Crippen LogP contribution is 2.16. The van der Waals surface area contributed by atoms with E-state index in [0.717, 1.165) is 4.90 Å². The lowest BCUT2D eigenvalue weighted by molar-refractivity contribution is -0.148. The lowest BCUT2D eigenvalue weighted by Crippen LogP contribution is -2.48. The molecule has 0 aromatic heterocycles. The molecule has 1 rings (SSSR count). The van der Waals surface area contributed by atoms with Crippen LogP contribution in [0.1, 0.15) is 20.8 Å². The Balaban J connectivity index is 2.84. The van der Waals surface area contributed by atoms with Crippen LogP contribution in [0.2, 0.25) is 0 Å². The van der Waals surface area contributed by atoms with Crippen molar-refractivity contribution in [3.63, 3.8) is 0 Å². The molecule has 0 radical (unpaired) electrons. The molecule has 1 aliphatic heterocycles. The molecule has 0 aromatic rings. The zero-order valence-electron chi connectivity index (χ0n) is 9.98. The number of likely N-dealkylation sites (N-methyl/N-ethyl adjacent to an activating group) is 1. The monoisotopic (exact) mass is 224 g/mol. The molecule has 88 valence electrons. The van der Waals surface area contributed by atoms with Crippen LogP contribution in [0.5, 0.6) is 0 Å². The molecule has 0 saturated heterocycles. The highest BCUT2D eigenvalue weighted by atomic mass is 16.2. The van der Waals surface area contributed by atoms with E-state index >= 15 is 0 Å². The maximum absolute atomic E-state index is 11.8. The van der Waals surface area contributed by atoms with Crippen LogP contribution >= 0.6 is 0 Å². The van der Waals surface area contributed by atoms with E-state index in [2.05, 4.69) is 0 Å². The maximum atomic E-state index is 11.8. The smallest absolute Gasteiger partial charge is 0.257 e. The molecule has 0 saturated carbocycles. The van der Waals surface area contributed by atoms with Gasteiger partial charge in [-0.05, 0) is 20.8 Å². The molecule has 16 heavy (non-hydrogen) atoms. The Kier molecular flexibility index (Phi) is 3.47. The van der Waals surface area contributed by atoms with Crippen molar-refractivity contribution in [3.8, 4) is 0 Å². The number of amides is 3. The second-order valence-electron chi connectivity index (χ2n) is 3.87. The van der Waals surface area contributed by atoms with Gasteiger partial charge in [0.1, 0.15) is 6.04 Å². The molecule has 1 unspecified atom stereocenters. The molecule has 3 amide bonds. The molecular formula is C11H16N2O3. The summed E-state index contributed by atoms with van der Waals surface area (Å²) < 4.78 is 0. The van der Waals surface area contributed by atoms with Gasteiger partial charge in [0.15, 0.2) is 0 Å². The van der Waals surface area contributed by atoms with Crippen LogP contribution < -0.4 is 0 Å². The zero-order chi connectivity index (χ0) is 12.5. The van der Waals surface area contributed by atoms with Gasteiger partial charge in [0, 0.05) is 25.2 Å². The van der Waals surface area contributed by atoms with Crippen LogP contribution in [0.4, 0.5) is 0 Å². The normalized spacial score (nSPS) is 17.5. The average molecular weight is 224 g/mol. The molecule has 0 N–H and O–H groups in total. The van der Waals surface area contributed by atoms with E-state index in [-0.39, 0.29) is 11.8 Å². The van der Waals surface area contributed by atoms with Crippen molar-refractivity contribution >= 4 is 17.7 Å². The minimum Gasteiger partial charge on any atom is -0.344 e. The summed E-state index contributed by atoms with van der Waals surface area (Å²) in [5, 5.41) is 0. The molecular weight excluding hydrogens is 208 g/mol. The average Bonchev–Trinajstić information content (AvgIpc) is 2.50. The van der Waals surface area contributed by atoms with E-state index in [1.807, 2.05) is 6.92 Å². The van der Waals surface area contributed by atoms with E-state index in [1.54, 1.807) is 20.9 Å². The van der Waals surface area contributed by atoms with Crippen molar-refractivity contribution in [1.82, 2.24) is 9.80 Å². The Morgan fingerprint density at radius 1 is 1.50 bits per heavy atom. The van der Waals surface area contributed by atoms with Gasteiger partial charge < -0.3 is 4.90 Å². The summed E-state index contributed by atoms with van der Waals surface area (Å²) in [6.45, 7) is 5.52. The minimum absolute atomic E-state index is 0.229. The maximum Gasteiger partial charge on any atom is 0.257 e. The number of hydrogen-bond acceptors (Lipinski definition) is 3. The van der Waals surface area contributed by atoms with Gasteiger partial charge in [-0.15, -0.1) is 0 Å². The fourth-order valence-corrected chi connectivity index (χ4v) is 1.56. The molecule has 0 bridgehead atoms. The van der Waals surface area contributed by atoms with Crippen LogP contribution in [0, 0.1) is 0 Å². The Morgan fingerprint density at radius 3 is 2.44 bits per heavy atom. The first kappa shape index (κ1) is 12.4. The number of carbonyl (C=O) groups excluding carboxylic acids is 3. The summed E-state index contributed by atoms with van der Waals surface area (Å²) in [5.74, 6) is -1.02. The van der Waals surface area contributed by atoms with Crippen molar-refractivity contribution < 1.29 is 14.4 Å². The number of imide groups is 1. The van der Waals surface area contributed by atoms with Gasteiger partial charge in [0.25, 0.3) is 11.8 Å². The lowest BCUT2D eigenvalue weighted by atomic mass is 10.2. The van der Waals surface area contributed by atoms with Crippen LogP contribution in [0.3, 0.4) is 0 Å². The predicted molar refractivity (Wildman–Crippen MR) is 58.4 cm³/mol. The molecule has 1 atom stereocenters. The molecule has 1 heterocycles. The fraction of sp³-hybridized carbons (Fsp3) is 0.545. The van der Waals surface area contributed by atoms with Crippen LogP contribution in [0.15, 0.2) is 11.6 Å². The van der Waals surface area contributed by atoms with Crippen molar-refractivity contribution in [2.45, 2.75) is 26.8 Å². The zero-order valence-corrected chi connectivity index (χ0v) is 9.98. The largest absolute Gasteiger partial charge is 0.344 e. The molecule has 0 aromatic carbocycles. The number of nitrogens with zero attached hydrogens (tertiary/aromatic N) is 2. The fourth-order valence-electron chi connectivity index (χ4n) is 1.56. The third kappa shape index (κ3) is 1.98. The Labute approximate surface area is 94.7 Å². The Morgan fingerprint density at radius 2 is 2.06 bits per heavy atom. The Hall–Kier alpha value is -1.65. The number of hydrogen-bond donors (Lipinski definition) is 0. The van der Waals surface area contributed by atoms with E-state index in [1.165, 1.54) is 11.0 Å². The van der Waals surface area contributed by atoms with Gasteiger partial charge in [0.2, 0.25) is 5.91 Å². The summed E-state index contributed by atoms with van der Waals surface area (Å²) >= 11 is 0. The van der Waals surface area contributed by atoms with Crippen LogP contribution in [-0.4, -0.2) is 47.2 Å². The Bertz CT molecular complexity index is 373. The quantitative estimate of drug-likeness (QED) is 0.642. The molecule has 5 nitrogen and oxygen atoms in total. The van der Waals surface area contributed by atoms with E-state index in [0.29, 0.717) is 12.1 Å². The predicted octanol–water partition coefficient (Wildman–Crippen LogP) is 0.168. The highest BCUT2D eigenvalue weighted by molar-refractivity contribution is 6.17. The van der Waals surface area contributed by atoms with Gasteiger partial charge in [0.05, 0.1) is 0 Å². The molecule has 0 fully saturated rings. The van der Waals surface area contributed by atoms with Gasteiger partial charge in [-0.25, -0.2) is 0 Å². The molecule has 5 heteroatoms. The first-order chi connectivity index (χ1) is 7.40. The molecule has 1 aliphatic rings. The summed E-state index contributed by atoms with van der Waals surface area (Å²) in [4.78, 5) is 37.5. The van der Waals surface area contributed by atoms with Crippen LogP contribution in [0.25, 0.3) is 0 Å². The van der Waals surface area contributed by atoms with Crippen molar-refractivity contribution in [2.24, 2.45) is 0 Å². The van der Waals surface area contributed by atoms with Gasteiger partial charge >= 0.3 is 0 Å². The van der Waals surface area contributed by atoms with Crippen LogP contribution in [-0.2, 0) is 14.4 Å². The van der Waals surface area contributed by atoms with Crippen molar-refractivity contribution in [1.29, 1.82) is 0 Å². The van der Waals surface area contributed by atoms with E-state index in [4.69, 9.17) is 0 Å². The van der Waals surface area contributed by atoms with Crippen molar-refractivity contribution in [2.75, 3.05) is 13.6 Å². The van der Waals surface area contributed by atoms with E-state index in [9.17, 15) is 14.4 Å². The van der Waals surface area contributed by atoms with E-state index < -0.39 is 11.9 Å². The van der Waals surface area contributed by atoms with Gasteiger partial charge in [-0.3, -0.25) is 19.3 Å². The number of rotatable bonds is 3. The second kappa shape index (κ2) is 4.47. The third-order valence-electron chi connectivity index (χ3n) is 2.73. The molecule has 0 aliphatic carbocycles. The minimum atomic E-state index is -0.737. The summed E-state index contributed by atoms with van der Waals surface area (Å²) in [5.41, 5.74) is 0.379. The SMILES string of the molecule is CCN(C)C(=O)C(C)N1C(=O)C=C(C)C1=O. The summed E-state index contributed by atoms with van der Waals surface area (Å²) in [6.07, 6.45) is 1.26. The van der Waals surface area contributed by atoms with Gasteiger partial charge in [-0.2, -0.15) is 0 Å². The first-order valence-electron chi connectivity index (χ1n) is 5.21. The first-order valence-corrected chi connectivity index (χ1v) is 5.21. The van der Waals surface area contributed by atoms with Gasteiger partial charge in [-0.1, -0.05) is 0 Å². The standard InChI is InChI=1S/C11H16N2O3/c1-5-12(4)11(16)8(3)13-9(14)6-7(2)10(13)15/h6,8H,5H2,1-4H3. The third-order valence-corrected chi connectivity index (χ3v) is 2.73. The lowest BCUT2D eigenvalue weighted by Gasteiger charge is -2.26. The molecule has 0 spiro atoms. The second-order valence-corrected chi connectivity index (χ2v) is 3.87. The highest BCUT2D eigenvalue weighted by Gasteiger charge is 2.36. The summed E-state index contributed by atoms with van der Waals surface area (Å²) in [7, 11) is 1.64. The summed E-state index contributed by atoms with van der Waals surface area (Å²) in [6, 6.07) is -0.737. The van der Waals surface area contributed by atoms with Crippen molar-refractivity contribution in [3.05, 3.63) is 11.6 Å². The number of carbonyl (C=O) groups is 3.